The zero-order valence-electron chi connectivity index (χ0n) is 7.11. The van der Waals surface area contributed by atoms with Crippen LogP contribution in [0.1, 0.15) is 0 Å². The lowest BCUT2D eigenvalue weighted by molar-refractivity contribution is 0.581. The Kier molecular flexibility index (Phi) is 2.18. The van der Waals surface area contributed by atoms with Crippen molar-refractivity contribution in [3.8, 4) is 11.1 Å². The Morgan fingerprint density at radius 1 is 0.786 bits per heavy atom. The summed E-state index contributed by atoms with van der Waals surface area (Å²) in [6.07, 6.45) is 2.67. The van der Waals surface area contributed by atoms with Crippen molar-refractivity contribution < 1.29 is 8.78 Å². The smallest absolute Gasteiger partial charge is 0.213 e. The Balaban J connectivity index is 2.49. The Bertz CT molecular complexity index is 414. The SMILES string of the molecule is Fc1cc(-c2ccnc(F)c2)ccn1. The lowest BCUT2D eigenvalue weighted by Crippen LogP contribution is -1.86. The van der Waals surface area contributed by atoms with Crippen LogP contribution < -0.4 is 0 Å². The van der Waals surface area contributed by atoms with E-state index in [1.165, 1.54) is 24.5 Å². The molecule has 2 nitrogen and oxygen atoms in total. The second-order valence-corrected chi connectivity index (χ2v) is 2.73. The van der Waals surface area contributed by atoms with E-state index >= 15 is 0 Å². The van der Waals surface area contributed by atoms with Gasteiger partial charge in [0.2, 0.25) is 11.9 Å². The highest BCUT2D eigenvalue weighted by atomic mass is 19.1. The molecule has 0 bridgehead atoms. The third-order valence-electron chi connectivity index (χ3n) is 1.79. The summed E-state index contributed by atoms with van der Waals surface area (Å²) >= 11 is 0. The minimum Gasteiger partial charge on any atom is -0.228 e. The van der Waals surface area contributed by atoms with Gasteiger partial charge in [-0.1, -0.05) is 0 Å². The average molecular weight is 192 g/mol. The van der Waals surface area contributed by atoms with Crippen LogP contribution in [0.2, 0.25) is 0 Å². The summed E-state index contributed by atoms with van der Waals surface area (Å²) in [5, 5.41) is 0. The Labute approximate surface area is 79.3 Å². The largest absolute Gasteiger partial charge is 0.228 e. The molecule has 0 fully saturated rings. The van der Waals surface area contributed by atoms with Gasteiger partial charge in [-0.05, 0) is 23.3 Å². The van der Waals surface area contributed by atoms with Gasteiger partial charge in [0.1, 0.15) is 0 Å². The van der Waals surface area contributed by atoms with Crippen LogP contribution in [0.15, 0.2) is 36.7 Å². The van der Waals surface area contributed by atoms with Gasteiger partial charge < -0.3 is 0 Å². The fourth-order valence-corrected chi connectivity index (χ4v) is 1.16. The molecule has 0 amide bonds. The fraction of sp³-hybridized carbons (Fsp3) is 0. The van der Waals surface area contributed by atoms with Crippen molar-refractivity contribution in [2.24, 2.45) is 0 Å². The van der Waals surface area contributed by atoms with Crippen molar-refractivity contribution in [1.29, 1.82) is 0 Å². The monoisotopic (exact) mass is 192 g/mol. The predicted molar refractivity (Wildman–Crippen MR) is 47.4 cm³/mol. The van der Waals surface area contributed by atoms with Crippen LogP contribution in [0.25, 0.3) is 11.1 Å². The third-order valence-corrected chi connectivity index (χ3v) is 1.79. The molecule has 70 valence electrons. The molecule has 2 rings (SSSR count). The van der Waals surface area contributed by atoms with Crippen molar-refractivity contribution in [3.05, 3.63) is 48.6 Å². The second-order valence-electron chi connectivity index (χ2n) is 2.73. The minimum absolute atomic E-state index is 0.582. The molecule has 0 aromatic carbocycles. The van der Waals surface area contributed by atoms with Crippen molar-refractivity contribution in [2.45, 2.75) is 0 Å². The van der Waals surface area contributed by atoms with E-state index in [0.29, 0.717) is 11.1 Å². The maximum Gasteiger partial charge on any atom is 0.213 e. The lowest BCUT2D eigenvalue weighted by atomic mass is 10.1. The first kappa shape index (κ1) is 8.74. The average Bonchev–Trinajstić information content (AvgIpc) is 2.18. The van der Waals surface area contributed by atoms with Crippen molar-refractivity contribution in [2.75, 3.05) is 0 Å². The molecule has 4 heteroatoms. The van der Waals surface area contributed by atoms with Gasteiger partial charge in [-0.25, -0.2) is 9.97 Å². The number of hydrogen-bond acceptors (Lipinski definition) is 2. The van der Waals surface area contributed by atoms with Crippen LogP contribution in [0.4, 0.5) is 8.78 Å². The van der Waals surface area contributed by atoms with E-state index in [9.17, 15) is 8.78 Å². The molecule has 0 aliphatic rings. The van der Waals surface area contributed by atoms with Gasteiger partial charge in [0.05, 0.1) is 0 Å². The van der Waals surface area contributed by atoms with E-state index in [1.807, 2.05) is 0 Å². The molecule has 2 aromatic rings. The Morgan fingerprint density at radius 2 is 1.21 bits per heavy atom. The van der Waals surface area contributed by atoms with Crippen LogP contribution >= 0.6 is 0 Å². The maximum atomic E-state index is 12.7. The summed E-state index contributed by atoms with van der Waals surface area (Å²) in [4.78, 5) is 6.82. The van der Waals surface area contributed by atoms with E-state index in [-0.39, 0.29) is 0 Å². The first-order valence-electron chi connectivity index (χ1n) is 3.99. The number of nitrogens with zero attached hydrogens (tertiary/aromatic N) is 2. The molecule has 2 heterocycles. The fourth-order valence-electron chi connectivity index (χ4n) is 1.16. The molecule has 14 heavy (non-hydrogen) atoms. The van der Waals surface area contributed by atoms with Gasteiger partial charge in [0, 0.05) is 24.5 Å². The van der Waals surface area contributed by atoms with Crippen LogP contribution in [0, 0.1) is 11.9 Å². The molecular formula is C10H6F2N2. The van der Waals surface area contributed by atoms with Crippen LogP contribution in [0.3, 0.4) is 0 Å². The second kappa shape index (κ2) is 3.49. The number of rotatable bonds is 1. The van der Waals surface area contributed by atoms with E-state index in [4.69, 9.17) is 0 Å². The number of aromatic nitrogens is 2. The summed E-state index contributed by atoms with van der Waals surface area (Å²) < 4.78 is 25.5. The predicted octanol–water partition coefficient (Wildman–Crippen LogP) is 2.42. The highest BCUT2D eigenvalue weighted by Gasteiger charge is 2.01. The number of hydrogen-bond donors (Lipinski definition) is 0. The lowest BCUT2D eigenvalue weighted by Gasteiger charge is -2.00. The van der Waals surface area contributed by atoms with Gasteiger partial charge in [0.25, 0.3) is 0 Å². The zero-order chi connectivity index (χ0) is 9.97. The first-order valence-corrected chi connectivity index (χ1v) is 3.99. The molecule has 0 saturated heterocycles. The van der Waals surface area contributed by atoms with Crippen LogP contribution in [-0.2, 0) is 0 Å². The maximum absolute atomic E-state index is 12.7. The number of pyridine rings is 2. The molecule has 0 unspecified atom stereocenters. The van der Waals surface area contributed by atoms with E-state index in [2.05, 4.69) is 9.97 Å². The quantitative estimate of drug-likeness (QED) is 0.648. The summed E-state index contributed by atoms with van der Waals surface area (Å²) in [5.41, 5.74) is 1.16. The van der Waals surface area contributed by atoms with E-state index < -0.39 is 11.9 Å². The Hall–Kier alpha value is -1.84. The molecular weight excluding hydrogens is 186 g/mol. The summed E-state index contributed by atoms with van der Waals surface area (Å²) in [5.74, 6) is -1.17. The molecule has 0 aliphatic carbocycles. The molecule has 0 spiro atoms. The van der Waals surface area contributed by atoms with Gasteiger partial charge in [-0.3, -0.25) is 0 Å². The normalized spacial score (nSPS) is 10.1. The first-order chi connectivity index (χ1) is 6.75. The van der Waals surface area contributed by atoms with Gasteiger partial charge in [-0.15, -0.1) is 0 Å². The molecule has 0 saturated carbocycles. The highest BCUT2D eigenvalue weighted by Crippen LogP contribution is 2.18. The zero-order valence-corrected chi connectivity index (χ0v) is 7.11. The minimum atomic E-state index is -0.584. The van der Waals surface area contributed by atoms with Crippen LogP contribution in [0.5, 0.6) is 0 Å². The third kappa shape index (κ3) is 1.74. The Morgan fingerprint density at radius 3 is 1.57 bits per heavy atom. The topological polar surface area (TPSA) is 25.8 Å². The van der Waals surface area contributed by atoms with Gasteiger partial charge in [0.15, 0.2) is 0 Å². The van der Waals surface area contributed by atoms with Gasteiger partial charge in [-0.2, -0.15) is 8.78 Å². The summed E-state index contributed by atoms with van der Waals surface area (Å²) in [7, 11) is 0. The molecule has 0 aliphatic heterocycles. The molecule has 0 atom stereocenters. The van der Waals surface area contributed by atoms with Crippen molar-refractivity contribution in [1.82, 2.24) is 9.97 Å². The van der Waals surface area contributed by atoms with Crippen LogP contribution in [-0.4, -0.2) is 9.97 Å². The van der Waals surface area contributed by atoms with Crippen molar-refractivity contribution >= 4 is 0 Å². The highest BCUT2D eigenvalue weighted by molar-refractivity contribution is 5.61. The summed E-state index contributed by atoms with van der Waals surface area (Å²) in [6, 6.07) is 5.71. The molecule has 0 radical (unpaired) electrons. The molecule has 2 aromatic heterocycles. The van der Waals surface area contributed by atoms with Gasteiger partial charge >= 0.3 is 0 Å². The number of halogens is 2. The molecule has 0 N–H and O–H groups in total. The summed E-state index contributed by atoms with van der Waals surface area (Å²) in [6.45, 7) is 0. The van der Waals surface area contributed by atoms with E-state index in [1.54, 1.807) is 12.1 Å². The van der Waals surface area contributed by atoms with Crippen molar-refractivity contribution in [3.63, 3.8) is 0 Å². The van der Waals surface area contributed by atoms with E-state index in [0.717, 1.165) is 0 Å². The standard InChI is InChI=1S/C10H6F2N2/c11-9-5-7(1-3-13-9)8-2-4-14-10(12)6-8/h1-6H.